The van der Waals surface area contributed by atoms with Gasteiger partial charge in [0.25, 0.3) is 5.69 Å². The van der Waals surface area contributed by atoms with Crippen LogP contribution in [0, 0.1) is 15.9 Å². The lowest BCUT2D eigenvalue weighted by atomic mass is 9.89. The van der Waals surface area contributed by atoms with Crippen LogP contribution >= 0.6 is 0 Å². The summed E-state index contributed by atoms with van der Waals surface area (Å²) in [6.07, 6.45) is 0.545. The van der Waals surface area contributed by atoms with Crippen LogP contribution in [0.2, 0.25) is 0 Å². The standard InChI is InChI=1S/C7H4FNO2.H2O/c8-6-2-4-1-5(3-6)7(4)9(10)11;/h2-3H,1H2;1H2. The Morgan fingerprint density at radius 2 is 1.92 bits per heavy atom. The quantitative estimate of drug-likeness (QED) is 0.470. The first-order valence-corrected chi connectivity index (χ1v) is 3.14. The lowest BCUT2D eigenvalue weighted by molar-refractivity contribution is -0.388. The van der Waals surface area contributed by atoms with Gasteiger partial charge in [-0.05, 0) is 12.1 Å². The van der Waals surface area contributed by atoms with Gasteiger partial charge in [0.05, 0.1) is 4.92 Å². The number of benzene rings is 1. The van der Waals surface area contributed by atoms with Crippen molar-refractivity contribution >= 4 is 5.69 Å². The van der Waals surface area contributed by atoms with E-state index in [4.69, 9.17) is 0 Å². The smallest absolute Gasteiger partial charge is 0.276 e. The highest BCUT2D eigenvalue weighted by Crippen LogP contribution is 2.37. The summed E-state index contributed by atoms with van der Waals surface area (Å²) in [7, 11) is 0. The van der Waals surface area contributed by atoms with E-state index in [0.717, 1.165) is 0 Å². The van der Waals surface area contributed by atoms with E-state index in [9.17, 15) is 14.5 Å². The molecule has 0 amide bonds. The molecule has 0 radical (unpaired) electrons. The van der Waals surface area contributed by atoms with Gasteiger partial charge in [-0.2, -0.15) is 0 Å². The van der Waals surface area contributed by atoms with Gasteiger partial charge >= 0.3 is 0 Å². The average molecular weight is 171 g/mol. The number of fused-ring (bicyclic) bond motifs is 2. The molecule has 2 aliphatic rings. The Hall–Kier alpha value is -1.49. The third kappa shape index (κ3) is 0.947. The normalized spacial score (nSPS) is 11.4. The molecule has 2 N–H and O–H groups in total. The van der Waals surface area contributed by atoms with Crippen molar-refractivity contribution in [2.24, 2.45) is 0 Å². The summed E-state index contributed by atoms with van der Waals surface area (Å²) in [4.78, 5) is 9.79. The fourth-order valence-corrected chi connectivity index (χ4v) is 1.32. The fraction of sp³-hybridized carbons (Fsp3) is 0.143. The van der Waals surface area contributed by atoms with Crippen molar-refractivity contribution in [3.63, 3.8) is 0 Å². The van der Waals surface area contributed by atoms with E-state index in [0.29, 0.717) is 17.5 Å². The van der Waals surface area contributed by atoms with Crippen molar-refractivity contribution in [3.05, 3.63) is 39.2 Å². The average Bonchev–Trinajstić information content (AvgIpc) is 1.84. The van der Waals surface area contributed by atoms with Crippen LogP contribution in [0.15, 0.2) is 12.1 Å². The monoisotopic (exact) mass is 171 g/mol. The number of hydrogen-bond donors (Lipinski definition) is 0. The Morgan fingerprint density at radius 3 is 2.33 bits per heavy atom. The first kappa shape index (κ1) is 8.61. The van der Waals surface area contributed by atoms with Crippen molar-refractivity contribution in [1.29, 1.82) is 0 Å². The number of nitro groups is 1. The summed E-state index contributed by atoms with van der Waals surface area (Å²) in [6, 6.07) is 2.43. The molecule has 12 heavy (non-hydrogen) atoms. The molecule has 0 aromatic heterocycles. The predicted octanol–water partition coefficient (Wildman–Crippen LogP) is 0.813. The molecule has 5 heteroatoms. The minimum absolute atomic E-state index is 0. The molecule has 1 aromatic carbocycles. The van der Waals surface area contributed by atoms with Crippen molar-refractivity contribution < 1.29 is 14.8 Å². The second-order valence-electron chi connectivity index (χ2n) is 2.51. The Balaban J connectivity index is 0.000000720. The fourth-order valence-electron chi connectivity index (χ4n) is 1.32. The molecule has 3 rings (SSSR count). The van der Waals surface area contributed by atoms with Gasteiger partial charge in [-0.3, -0.25) is 10.1 Å². The highest BCUT2D eigenvalue weighted by Gasteiger charge is 2.30. The lowest BCUT2D eigenvalue weighted by Crippen LogP contribution is -2.10. The van der Waals surface area contributed by atoms with Crippen LogP contribution in [0.1, 0.15) is 11.1 Å². The number of nitro benzene ring substituents is 1. The van der Waals surface area contributed by atoms with Gasteiger partial charge in [-0.1, -0.05) is 0 Å². The molecule has 0 saturated heterocycles. The van der Waals surface area contributed by atoms with Crippen LogP contribution in [0.5, 0.6) is 0 Å². The summed E-state index contributed by atoms with van der Waals surface area (Å²) in [5, 5.41) is 10.3. The minimum Gasteiger partial charge on any atom is -0.412 e. The Bertz CT molecular complexity index is 327. The number of rotatable bonds is 1. The van der Waals surface area contributed by atoms with Gasteiger partial charge in [-0.25, -0.2) is 4.39 Å². The highest BCUT2D eigenvalue weighted by atomic mass is 19.1. The zero-order valence-corrected chi connectivity index (χ0v) is 6.00. The maximum absolute atomic E-state index is 12.4. The number of nitrogens with zero attached hydrogens (tertiary/aromatic N) is 1. The Labute approximate surface area is 67.1 Å². The van der Waals surface area contributed by atoms with E-state index in [2.05, 4.69) is 0 Å². The van der Waals surface area contributed by atoms with Gasteiger partial charge in [-0.15, -0.1) is 0 Å². The molecule has 0 heterocycles. The van der Waals surface area contributed by atoms with Crippen LogP contribution < -0.4 is 0 Å². The van der Waals surface area contributed by atoms with E-state index < -0.39 is 4.92 Å². The third-order valence-electron chi connectivity index (χ3n) is 1.80. The highest BCUT2D eigenvalue weighted by molar-refractivity contribution is 5.59. The van der Waals surface area contributed by atoms with Crippen LogP contribution in [0.3, 0.4) is 0 Å². The molecule has 1 aromatic rings. The van der Waals surface area contributed by atoms with Crippen LogP contribution in [0.25, 0.3) is 0 Å². The molecule has 0 aliphatic heterocycles. The SMILES string of the molecule is O.O=[N+]([O-])c1c2cc(F)cc1C2. The van der Waals surface area contributed by atoms with Crippen molar-refractivity contribution in [3.8, 4) is 0 Å². The molecule has 0 unspecified atom stereocenters. The second kappa shape index (κ2) is 2.53. The van der Waals surface area contributed by atoms with E-state index in [1.54, 1.807) is 0 Å². The van der Waals surface area contributed by atoms with Crippen molar-refractivity contribution in [2.75, 3.05) is 0 Å². The zero-order chi connectivity index (χ0) is 8.01. The minimum atomic E-state index is -0.465. The maximum Gasteiger partial charge on any atom is 0.276 e. The van der Waals surface area contributed by atoms with Gasteiger partial charge < -0.3 is 5.48 Å². The summed E-state index contributed by atoms with van der Waals surface area (Å²) in [5.74, 6) is -0.383. The molecule has 4 nitrogen and oxygen atoms in total. The summed E-state index contributed by atoms with van der Waals surface area (Å²) < 4.78 is 12.4. The van der Waals surface area contributed by atoms with Gasteiger partial charge in [0.2, 0.25) is 0 Å². The lowest BCUT2D eigenvalue weighted by Gasteiger charge is -2.15. The molecular formula is C7H6FNO3. The van der Waals surface area contributed by atoms with E-state index >= 15 is 0 Å². The zero-order valence-electron chi connectivity index (χ0n) is 6.00. The van der Waals surface area contributed by atoms with Crippen LogP contribution in [-0.4, -0.2) is 10.4 Å². The van der Waals surface area contributed by atoms with Gasteiger partial charge in [0.15, 0.2) is 0 Å². The van der Waals surface area contributed by atoms with E-state index in [-0.39, 0.29) is 17.0 Å². The molecule has 2 bridgehead atoms. The van der Waals surface area contributed by atoms with E-state index in [1.165, 1.54) is 12.1 Å². The topological polar surface area (TPSA) is 74.6 Å². The number of halogens is 1. The second-order valence-corrected chi connectivity index (χ2v) is 2.51. The molecule has 0 fully saturated rings. The van der Waals surface area contributed by atoms with Gasteiger partial charge in [0, 0.05) is 17.5 Å². The Morgan fingerprint density at radius 1 is 1.42 bits per heavy atom. The molecular weight excluding hydrogens is 165 g/mol. The molecule has 0 spiro atoms. The summed E-state index contributed by atoms with van der Waals surface area (Å²) in [5.41, 5.74) is 1.10. The van der Waals surface area contributed by atoms with Crippen LogP contribution in [-0.2, 0) is 6.42 Å². The first-order chi connectivity index (χ1) is 5.18. The first-order valence-electron chi connectivity index (χ1n) is 3.14. The van der Waals surface area contributed by atoms with Crippen molar-refractivity contribution in [2.45, 2.75) is 6.42 Å². The maximum atomic E-state index is 12.4. The van der Waals surface area contributed by atoms with Crippen LogP contribution in [0.4, 0.5) is 10.1 Å². The molecule has 64 valence electrons. The van der Waals surface area contributed by atoms with E-state index in [1.807, 2.05) is 0 Å². The predicted molar refractivity (Wildman–Crippen MR) is 39.5 cm³/mol. The van der Waals surface area contributed by atoms with Gasteiger partial charge in [0.1, 0.15) is 5.82 Å². The number of hydrogen-bond acceptors (Lipinski definition) is 2. The summed E-state index contributed by atoms with van der Waals surface area (Å²) in [6.45, 7) is 0. The van der Waals surface area contributed by atoms with Crippen molar-refractivity contribution in [1.82, 2.24) is 0 Å². The largest absolute Gasteiger partial charge is 0.412 e. The Kier molecular flexibility index (Phi) is 1.81. The molecule has 2 aliphatic carbocycles. The third-order valence-corrected chi connectivity index (χ3v) is 1.80. The molecule has 0 atom stereocenters. The molecule has 0 saturated carbocycles. The summed E-state index contributed by atoms with van der Waals surface area (Å²) >= 11 is 0.